The maximum absolute atomic E-state index is 13.2. The van der Waals surface area contributed by atoms with Gasteiger partial charge in [-0.3, -0.25) is 15.1 Å². The number of halogens is 3. The van der Waals surface area contributed by atoms with E-state index in [0.717, 1.165) is 18.5 Å². The number of rotatable bonds is 5. The quantitative estimate of drug-likeness (QED) is 0.468. The molecule has 146 valence electrons. The van der Waals surface area contributed by atoms with Gasteiger partial charge in [0.1, 0.15) is 12.0 Å². The fraction of sp³-hybridized carbons (Fsp3) is 0.176. The standard InChI is InChI=1S/C17H12F3N3O5/c1-26-13-7-9(6-12(23(24)25)14(13)27-2)11-8-28-16(22-11)10-4-3-5-21-15(10)17(18,19)20/h3-8H,1-2H3. The van der Waals surface area contributed by atoms with Crippen molar-refractivity contribution < 1.29 is 32.0 Å². The van der Waals surface area contributed by atoms with E-state index >= 15 is 0 Å². The number of nitro groups is 1. The maximum atomic E-state index is 13.2. The van der Waals surface area contributed by atoms with Gasteiger partial charge in [0.2, 0.25) is 11.6 Å². The van der Waals surface area contributed by atoms with Crippen molar-refractivity contribution in [2.75, 3.05) is 14.2 Å². The Balaban J connectivity index is 2.11. The molecular formula is C17H12F3N3O5. The smallest absolute Gasteiger partial charge is 0.434 e. The molecule has 3 rings (SSSR count). The van der Waals surface area contributed by atoms with E-state index in [-0.39, 0.29) is 34.2 Å². The van der Waals surface area contributed by atoms with Crippen molar-refractivity contribution in [2.24, 2.45) is 0 Å². The van der Waals surface area contributed by atoms with Crippen molar-refractivity contribution in [2.45, 2.75) is 6.18 Å². The summed E-state index contributed by atoms with van der Waals surface area (Å²) < 4.78 is 54.7. The summed E-state index contributed by atoms with van der Waals surface area (Å²) in [5, 5.41) is 11.3. The highest BCUT2D eigenvalue weighted by molar-refractivity contribution is 5.72. The zero-order chi connectivity index (χ0) is 20.5. The Bertz CT molecular complexity index is 1030. The minimum Gasteiger partial charge on any atom is -0.493 e. The Hall–Kier alpha value is -3.63. The van der Waals surface area contributed by atoms with E-state index in [0.29, 0.717) is 0 Å². The Morgan fingerprint density at radius 1 is 1.21 bits per heavy atom. The average molecular weight is 395 g/mol. The van der Waals surface area contributed by atoms with Gasteiger partial charge in [0.25, 0.3) is 0 Å². The van der Waals surface area contributed by atoms with Crippen LogP contribution in [0.1, 0.15) is 5.69 Å². The number of benzene rings is 1. The summed E-state index contributed by atoms with van der Waals surface area (Å²) in [5.41, 5.74) is -1.61. The van der Waals surface area contributed by atoms with Gasteiger partial charge in [0.15, 0.2) is 11.4 Å². The van der Waals surface area contributed by atoms with E-state index < -0.39 is 22.5 Å². The molecule has 0 radical (unpaired) electrons. The molecule has 0 spiro atoms. The Morgan fingerprint density at radius 3 is 2.57 bits per heavy atom. The van der Waals surface area contributed by atoms with E-state index in [2.05, 4.69) is 9.97 Å². The molecule has 0 saturated heterocycles. The molecule has 3 aromatic rings. The summed E-state index contributed by atoms with van der Waals surface area (Å²) in [6, 6.07) is 5.05. The van der Waals surface area contributed by atoms with Gasteiger partial charge in [0, 0.05) is 17.8 Å². The normalized spacial score (nSPS) is 11.3. The highest BCUT2D eigenvalue weighted by Crippen LogP contribution is 2.41. The minimum atomic E-state index is -4.70. The summed E-state index contributed by atoms with van der Waals surface area (Å²) in [5.74, 6) is -0.354. The third-order valence-electron chi connectivity index (χ3n) is 3.76. The van der Waals surface area contributed by atoms with Crippen LogP contribution in [-0.4, -0.2) is 29.1 Å². The van der Waals surface area contributed by atoms with E-state index in [1.807, 2.05) is 0 Å². The van der Waals surface area contributed by atoms with E-state index in [1.54, 1.807) is 0 Å². The van der Waals surface area contributed by atoms with Crippen LogP contribution in [0.3, 0.4) is 0 Å². The van der Waals surface area contributed by atoms with Gasteiger partial charge in [-0.1, -0.05) is 0 Å². The van der Waals surface area contributed by atoms with Crippen LogP contribution in [0.5, 0.6) is 11.5 Å². The van der Waals surface area contributed by atoms with Crippen molar-refractivity contribution in [1.29, 1.82) is 0 Å². The van der Waals surface area contributed by atoms with E-state index in [4.69, 9.17) is 13.9 Å². The Kier molecular flexibility index (Phi) is 4.91. The molecule has 11 heteroatoms. The summed E-state index contributed by atoms with van der Waals surface area (Å²) in [6.07, 6.45) is -2.60. The number of alkyl halides is 3. The predicted octanol–water partition coefficient (Wildman–Crippen LogP) is 4.35. The molecule has 0 aliphatic heterocycles. The largest absolute Gasteiger partial charge is 0.493 e. The zero-order valence-electron chi connectivity index (χ0n) is 14.5. The molecule has 0 unspecified atom stereocenters. The molecule has 8 nitrogen and oxygen atoms in total. The molecule has 0 atom stereocenters. The molecule has 0 saturated carbocycles. The predicted molar refractivity (Wildman–Crippen MR) is 89.9 cm³/mol. The molecule has 28 heavy (non-hydrogen) atoms. The van der Waals surface area contributed by atoms with Crippen LogP contribution in [0.25, 0.3) is 22.7 Å². The first-order chi connectivity index (χ1) is 13.3. The minimum absolute atomic E-state index is 0.0635. The number of aromatic nitrogens is 2. The van der Waals surface area contributed by atoms with Crippen molar-refractivity contribution >= 4 is 5.69 Å². The SMILES string of the molecule is COc1cc(-c2coc(-c3cccnc3C(F)(F)F)n2)cc([N+](=O)[O-])c1OC. The Labute approximate surface area is 155 Å². The average Bonchev–Trinajstić information content (AvgIpc) is 3.16. The third-order valence-corrected chi connectivity index (χ3v) is 3.76. The van der Waals surface area contributed by atoms with Crippen LogP contribution >= 0.6 is 0 Å². The summed E-state index contributed by atoms with van der Waals surface area (Å²) >= 11 is 0. The molecule has 0 aliphatic rings. The summed E-state index contributed by atoms with van der Waals surface area (Å²) in [7, 11) is 2.55. The third kappa shape index (κ3) is 3.46. The van der Waals surface area contributed by atoms with Crippen molar-refractivity contribution in [1.82, 2.24) is 9.97 Å². The first-order valence-electron chi connectivity index (χ1n) is 7.65. The van der Waals surface area contributed by atoms with Crippen LogP contribution in [-0.2, 0) is 6.18 Å². The molecule has 0 fully saturated rings. The van der Waals surface area contributed by atoms with Gasteiger partial charge in [-0.2, -0.15) is 13.2 Å². The number of nitrogens with zero attached hydrogens (tertiary/aromatic N) is 3. The molecule has 1 aromatic carbocycles. The lowest BCUT2D eigenvalue weighted by molar-refractivity contribution is -0.385. The van der Waals surface area contributed by atoms with E-state index in [1.165, 1.54) is 32.4 Å². The highest BCUT2D eigenvalue weighted by atomic mass is 19.4. The second kappa shape index (κ2) is 7.18. The monoisotopic (exact) mass is 395 g/mol. The zero-order valence-corrected chi connectivity index (χ0v) is 14.5. The van der Waals surface area contributed by atoms with Gasteiger partial charge in [-0.15, -0.1) is 0 Å². The van der Waals surface area contributed by atoms with Gasteiger partial charge in [-0.05, 0) is 18.2 Å². The van der Waals surface area contributed by atoms with Crippen LogP contribution in [0.4, 0.5) is 18.9 Å². The molecule has 0 bridgehead atoms. The molecule has 2 aromatic heterocycles. The van der Waals surface area contributed by atoms with Crippen molar-refractivity contribution in [3.63, 3.8) is 0 Å². The lowest BCUT2D eigenvalue weighted by Crippen LogP contribution is -2.09. The molecule has 2 heterocycles. The Morgan fingerprint density at radius 2 is 1.96 bits per heavy atom. The van der Waals surface area contributed by atoms with Gasteiger partial charge in [-0.25, -0.2) is 4.98 Å². The number of hydrogen-bond acceptors (Lipinski definition) is 7. The van der Waals surface area contributed by atoms with Crippen molar-refractivity contribution in [3.05, 3.63) is 52.5 Å². The number of ether oxygens (including phenoxy) is 2. The maximum Gasteiger partial charge on any atom is 0.434 e. The lowest BCUT2D eigenvalue weighted by atomic mass is 10.1. The molecule has 0 N–H and O–H groups in total. The first kappa shape index (κ1) is 19.1. The fourth-order valence-electron chi connectivity index (χ4n) is 2.56. The van der Waals surface area contributed by atoms with Crippen LogP contribution in [0.15, 0.2) is 41.1 Å². The van der Waals surface area contributed by atoms with Crippen LogP contribution in [0.2, 0.25) is 0 Å². The number of hydrogen-bond donors (Lipinski definition) is 0. The second-order valence-electron chi connectivity index (χ2n) is 5.42. The lowest BCUT2D eigenvalue weighted by Gasteiger charge is -2.09. The number of oxazole rings is 1. The highest BCUT2D eigenvalue weighted by Gasteiger charge is 2.36. The van der Waals surface area contributed by atoms with E-state index in [9.17, 15) is 23.3 Å². The van der Waals surface area contributed by atoms with Gasteiger partial charge >= 0.3 is 11.9 Å². The molecule has 0 aliphatic carbocycles. The molecular weight excluding hydrogens is 383 g/mol. The summed E-state index contributed by atoms with van der Waals surface area (Å²) in [6.45, 7) is 0. The van der Waals surface area contributed by atoms with Crippen LogP contribution in [0, 0.1) is 10.1 Å². The summed E-state index contributed by atoms with van der Waals surface area (Å²) in [4.78, 5) is 18.0. The number of methoxy groups -OCH3 is 2. The number of nitro benzene ring substituents is 1. The van der Waals surface area contributed by atoms with Gasteiger partial charge < -0.3 is 13.9 Å². The topological polar surface area (TPSA) is 101 Å². The van der Waals surface area contributed by atoms with Crippen molar-refractivity contribution in [3.8, 4) is 34.2 Å². The fourth-order valence-corrected chi connectivity index (χ4v) is 2.56. The first-order valence-corrected chi connectivity index (χ1v) is 7.65. The number of pyridine rings is 1. The van der Waals surface area contributed by atoms with Gasteiger partial charge in [0.05, 0.1) is 24.7 Å². The van der Waals surface area contributed by atoms with Crippen LogP contribution < -0.4 is 9.47 Å². The second-order valence-corrected chi connectivity index (χ2v) is 5.42. The molecule has 0 amide bonds.